The Morgan fingerprint density at radius 3 is 2.76 bits per heavy atom. The molecule has 96 valence electrons. The maximum atomic E-state index is 5.51. The molecule has 0 amide bonds. The van der Waals surface area contributed by atoms with Crippen LogP contribution >= 0.6 is 15.9 Å². The Balaban J connectivity index is 2.80. The van der Waals surface area contributed by atoms with Crippen LogP contribution in [0.25, 0.3) is 0 Å². The molecule has 1 heterocycles. The zero-order chi connectivity index (χ0) is 12.7. The number of rotatable bonds is 7. The summed E-state index contributed by atoms with van der Waals surface area (Å²) in [4.78, 5) is 10.6. The van der Waals surface area contributed by atoms with Crippen molar-refractivity contribution in [3.05, 3.63) is 12.4 Å². The molecule has 0 atom stereocenters. The van der Waals surface area contributed by atoms with Crippen molar-refractivity contribution in [3.63, 3.8) is 0 Å². The quantitative estimate of drug-likeness (QED) is 0.726. The normalized spacial score (nSPS) is 10.6. The van der Waals surface area contributed by atoms with Crippen LogP contribution < -0.4 is 9.64 Å². The first kappa shape index (κ1) is 14.2. The van der Waals surface area contributed by atoms with Gasteiger partial charge in [-0.2, -0.15) is 0 Å². The van der Waals surface area contributed by atoms with Crippen molar-refractivity contribution in [3.8, 4) is 5.88 Å². The van der Waals surface area contributed by atoms with Gasteiger partial charge in [0.15, 0.2) is 0 Å². The SMILES string of the molecule is CCCOc1cc(N(CCBr)C(C)C)ncn1. The molecule has 0 saturated carbocycles. The molecule has 0 saturated heterocycles. The number of alkyl halides is 1. The molecular formula is C12H20BrN3O. The highest BCUT2D eigenvalue weighted by Gasteiger charge is 2.12. The van der Waals surface area contributed by atoms with Crippen molar-refractivity contribution in [2.75, 3.05) is 23.4 Å². The Labute approximate surface area is 112 Å². The van der Waals surface area contributed by atoms with E-state index in [4.69, 9.17) is 4.74 Å². The van der Waals surface area contributed by atoms with Gasteiger partial charge in [-0.15, -0.1) is 0 Å². The topological polar surface area (TPSA) is 38.2 Å². The van der Waals surface area contributed by atoms with Gasteiger partial charge in [0.05, 0.1) is 6.61 Å². The smallest absolute Gasteiger partial charge is 0.218 e. The summed E-state index contributed by atoms with van der Waals surface area (Å²) in [6.07, 6.45) is 2.54. The molecule has 0 aliphatic heterocycles. The Morgan fingerprint density at radius 1 is 1.41 bits per heavy atom. The van der Waals surface area contributed by atoms with Gasteiger partial charge in [-0.05, 0) is 20.3 Å². The van der Waals surface area contributed by atoms with Crippen molar-refractivity contribution in [1.29, 1.82) is 0 Å². The molecule has 17 heavy (non-hydrogen) atoms. The van der Waals surface area contributed by atoms with E-state index in [-0.39, 0.29) is 0 Å². The summed E-state index contributed by atoms with van der Waals surface area (Å²) in [6, 6.07) is 2.31. The van der Waals surface area contributed by atoms with E-state index in [9.17, 15) is 0 Å². The predicted octanol–water partition coefficient (Wildman–Crippen LogP) is 2.88. The fourth-order valence-electron chi connectivity index (χ4n) is 1.50. The van der Waals surface area contributed by atoms with Crippen LogP contribution in [0.4, 0.5) is 5.82 Å². The number of anilines is 1. The molecular weight excluding hydrogens is 282 g/mol. The minimum absolute atomic E-state index is 0.404. The standard InChI is InChI=1S/C12H20BrN3O/c1-4-7-17-12-8-11(14-9-15-12)16(6-5-13)10(2)3/h8-10H,4-7H2,1-3H3. The van der Waals surface area contributed by atoms with Crippen LogP contribution in [0.15, 0.2) is 12.4 Å². The minimum Gasteiger partial charge on any atom is -0.478 e. The van der Waals surface area contributed by atoms with Crippen LogP contribution in [-0.2, 0) is 0 Å². The molecule has 4 nitrogen and oxygen atoms in total. The molecule has 0 aliphatic carbocycles. The van der Waals surface area contributed by atoms with Crippen molar-refractivity contribution in [1.82, 2.24) is 9.97 Å². The molecule has 0 spiro atoms. The number of ether oxygens (including phenoxy) is 1. The van der Waals surface area contributed by atoms with Crippen LogP contribution in [0.5, 0.6) is 5.88 Å². The van der Waals surface area contributed by atoms with Gasteiger partial charge >= 0.3 is 0 Å². The average molecular weight is 302 g/mol. The summed E-state index contributed by atoms with van der Waals surface area (Å²) in [5, 5.41) is 0.917. The minimum atomic E-state index is 0.404. The third-order valence-corrected chi connectivity index (χ3v) is 2.68. The Hall–Kier alpha value is -0.840. The third kappa shape index (κ3) is 4.50. The van der Waals surface area contributed by atoms with Crippen molar-refractivity contribution < 1.29 is 4.74 Å². The average Bonchev–Trinajstić information content (AvgIpc) is 2.33. The lowest BCUT2D eigenvalue weighted by Gasteiger charge is -2.27. The molecule has 1 aromatic heterocycles. The van der Waals surface area contributed by atoms with Crippen LogP contribution in [0.2, 0.25) is 0 Å². The van der Waals surface area contributed by atoms with E-state index < -0.39 is 0 Å². The molecule has 5 heteroatoms. The zero-order valence-corrected chi connectivity index (χ0v) is 12.3. The largest absolute Gasteiger partial charge is 0.478 e. The van der Waals surface area contributed by atoms with Gasteiger partial charge in [-0.1, -0.05) is 22.9 Å². The van der Waals surface area contributed by atoms with Gasteiger partial charge < -0.3 is 9.64 Å². The molecule has 0 aliphatic rings. The second-order valence-electron chi connectivity index (χ2n) is 4.04. The zero-order valence-electron chi connectivity index (χ0n) is 10.7. The maximum absolute atomic E-state index is 5.51. The van der Waals surface area contributed by atoms with E-state index >= 15 is 0 Å². The lowest BCUT2D eigenvalue weighted by atomic mass is 10.3. The number of halogens is 1. The summed E-state index contributed by atoms with van der Waals surface area (Å²) in [7, 11) is 0. The molecule has 1 aromatic rings. The van der Waals surface area contributed by atoms with E-state index in [2.05, 4.69) is 51.6 Å². The van der Waals surface area contributed by atoms with Crippen LogP contribution in [-0.4, -0.2) is 34.5 Å². The van der Waals surface area contributed by atoms with Gasteiger partial charge in [-0.25, -0.2) is 9.97 Å². The summed E-state index contributed by atoms with van der Waals surface area (Å²) in [5.41, 5.74) is 0. The number of nitrogens with zero attached hydrogens (tertiary/aromatic N) is 3. The molecule has 0 N–H and O–H groups in total. The molecule has 0 aromatic carbocycles. The fourth-order valence-corrected chi connectivity index (χ4v) is 1.88. The summed E-state index contributed by atoms with van der Waals surface area (Å²) < 4.78 is 5.51. The van der Waals surface area contributed by atoms with Crippen LogP contribution in [0, 0.1) is 0 Å². The lowest BCUT2D eigenvalue weighted by Crippen LogP contribution is -2.33. The van der Waals surface area contributed by atoms with Gasteiger partial charge in [0.2, 0.25) is 5.88 Å². The van der Waals surface area contributed by atoms with E-state index in [0.717, 1.165) is 24.1 Å². The number of hydrogen-bond acceptors (Lipinski definition) is 4. The summed E-state index contributed by atoms with van der Waals surface area (Å²) in [5.74, 6) is 1.57. The second kappa shape index (κ2) is 7.48. The monoisotopic (exact) mass is 301 g/mol. The van der Waals surface area contributed by atoms with Crippen molar-refractivity contribution in [2.45, 2.75) is 33.2 Å². The highest BCUT2D eigenvalue weighted by atomic mass is 79.9. The summed E-state index contributed by atoms with van der Waals surface area (Å²) in [6.45, 7) is 7.99. The fraction of sp³-hybridized carbons (Fsp3) is 0.667. The van der Waals surface area contributed by atoms with Crippen LogP contribution in [0.3, 0.4) is 0 Å². The molecule has 1 rings (SSSR count). The molecule has 0 fully saturated rings. The summed E-state index contributed by atoms with van der Waals surface area (Å²) >= 11 is 3.46. The number of aromatic nitrogens is 2. The lowest BCUT2D eigenvalue weighted by molar-refractivity contribution is 0.304. The first-order valence-corrected chi connectivity index (χ1v) is 7.08. The van der Waals surface area contributed by atoms with E-state index in [1.807, 2.05) is 6.07 Å². The number of hydrogen-bond donors (Lipinski definition) is 0. The van der Waals surface area contributed by atoms with Gasteiger partial charge in [0.1, 0.15) is 12.1 Å². The van der Waals surface area contributed by atoms with Crippen LogP contribution in [0.1, 0.15) is 27.2 Å². The third-order valence-electron chi connectivity index (χ3n) is 2.32. The van der Waals surface area contributed by atoms with E-state index in [1.54, 1.807) is 6.33 Å². The molecule has 0 radical (unpaired) electrons. The molecule has 0 bridgehead atoms. The second-order valence-corrected chi connectivity index (χ2v) is 4.83. The Bertz CT molecular complexity index is 333. The molecule has 0 unspecified atom stereocenters. The Kier molecular flexibility index (Phi) is 6.26. The van der Waals surface area contributed by atoms with Crippen molar-refractivity contribution >= 4 is 21.7 Å². The van der Waals surface area contributed by atoms with E-state index in [1.165, 1.54) is 0 Å². The predicted molar refractivity (Wildman–Crippen MR) is 74.1 cm³/mol. The first-order valence-electron chi connectivity index (χ1n) is 5.96. The Morgan fingerprint density at radius 2 is 2.18 bits per heavy atom. The highest BCUT2D eigenvalue weighted by molar-refractivity contribution is 9.09. The first-order chi connectivity index (χ1) is 8.19. The van der Waals surface area contributed by atoms with Gasteiger partial charge in [0.25, 0.3) is 0 Å². The highest BCUT2D eigenvalue weighted by Crippen LogP contribution is 2.18. The van der Waals surface area contributed by atoms with Gasteiger partial charge in [-0.3, -0.25) is 0 Å². The van der Waals surface area contributed by atoms with E-state index in [0.29, 0.717) is 18.5 Å². The van der Waals surface area contributed by atoms with Gasteiger partial charge in [0, 0.05) is 24.0 Å². The maximum Gasteiger partial charge on any atom is 0.218 e. The van der Waals surface area contributed by atoms with Crippen molar-refractivity contribution in [2.24, 2.45) is 0 Å².